The third-order valence-electron chi connectivity index (χ3n) is 4.15. The van der Waals surface area contributed by atoms with Crippen LogP contribution in [0.15, 0.2) is 48.8 Å². The Kier molecular flexibility index (Phi) is 4.37. The number of aromatic nitrogens is 1. The van der Waals surface area contributed by atoms with Gasteiger partial charge in [0.25, 0.3) is 5.91 Å². The van der Waals surface area contributed by atoms with Gasteiger partial charge in [0.15, 0.2) is 0 Å². The average Bonchev–Trinajstić information content (AvgIpc) is 2.95. The summed E-state index contributed by atoms with van der Waals surface area (Å²) in [5.41, 5.74) is 2.73. The van der Waals surface area contributed by atoms with Gasteiger partial charge in [-0.3, -0.25) is 14.6 Å². The van der Waals surface area contributed by atoms with E-state index in [1.807, 2.05) is 23.1 Å². The van der Waals surface area contributed by atoms with Gasteiger partial charge in [0, 0.05) is 44.0 Å². The molecule has 118 valence electrons. The van der Waals surface area contributed by atoms with E-state index in [2.05, 4.69) is 16.4 Å². The van der Waals surface area contributed by atoms with Crippen molar-refractivity contribution in [2.24, 2.45) is 0 Å². The summed E-state index contributed by atoms with van der Waals surface area (Å²) in [4.78, 5) is 29.5. The molecule has 0 saturated carbocycles. The van der Waals surface area contributed by atoms with E-state index in [-0.39, 0.29) is 17.7 Å². The van der Waals surface area contributed by atoms with Crippen molar-refractivity contribution in [2.45, 2.75) is 19.3 Å². The molecule has 1 atom stereocenters. The molecule has 1 unspecified atom stereocenters. The average molecular weight is 309 g/mol. The number of carbonyl (C=O) groups is 2. The Morgan fingerprint density at radius 2 is 2.09 bits per heavy atom. The summed E-state index contributed by atoms with van der Waals surface area (Å²) in [6.07, 6.45) is 3.99. The highest BCUT2D eigenvalue weighted by molar-refractivity contribution is 5.94. The van der Waals surface area contributed by atoms with Crippen LogP contribution in [0.1, 0.15) is 35.2 Å². The smallest absolute Gasteiger partial charge is 0.252 e. The molecule has 1 aromatic carbocycles. The van der Waals surface area contributed by atoms with Crippen LogP contribution in [-0.2, 0) is 4.79 Å². The first-order chi connectivity index (χ1) is 11.2. The number of para-hydroxylation sites is 1. The van der Waals surface area contributed by atoms with Crippen molar-refractivity contribution in [3.05, 3.63) is 59.9 Å². The first kappa shape index (κ1) is 15.2. The van der Waals surface area contributed by atoms with Crippen molar-refractivity contribution in [1.82, 2.24) is 10.3 Å². The number of nitrogens with one attached hydrogen (secondary N) is 1. The molecule has 1 aromatic heterocycles. The quantitative estimate of drug-likeness (QED) is 0.943. The lowest BCUT2D eigenvalue weighted by atomic mass is 9.98. The minimum atomic E-state index is -0.118. The minimum Gasteiger partial charge on any atom is -0.352 e. The summed E-state index contributed by atoms with van der Waals surface area (Å²) >= 11 is 0. The standard InChI is InChI=1S/C18H19N3O2/c1-13(22)21-12-15(16-6-2-3-7-17(16)21)8-10-20-18(23)14-5-4-9-19-11-14/h2-7,9,11,15H,8,10,12H2,1H3,(H,20,23). The van der Waals surface area contributed by atoms with Crippen molar-refractivity contribution < 1.29 is 9.59 Å². The van der Waals surface area contributed by atoms with Gasteiger partial charge < -0.3 is 10.2 Å². The van der Waals surface area contributed by atoms with Crippen molar-refractivity contribution in [3.63, 3.8) is 0 Å². The monoisotopic (exact) mass is 309 g/mol. The Labute approximate surface area is 135 Å². The summed E-state index contributed by atoms with van der Waals surface area (Å²) in [6, 6.07) is 11.5. The Bertz CT molecular complexity index is 715. The Balaban J connectivity index is 1.61. The van der Waals surface area contributed by atoms with E-state index < -0.39 is 0 Å². The molecule has 5 heteroatoms. The molecular formula is C18H19N3O2. The first-order valence-electron chi connectivity index (χ1n) is 7.72. The van der Waals surface area contributed by atoms with Gasteiger partial charge in [-0.2, -0.15) is 0 Å². The van der Waals surface area contributed by atoms with E-state index in [0.717, 1.165) is 12.1 Å². The van der Waals surface area contributed by atoms with Crippen molar-refractivity contribution >= 4 is 17.5 Å². The predicted octanol–water partition coefficient (Wildman–Crippen LogP) is 2.35. The molecule has 0 spiro atoms. The maximum absolute atomic E-state index is 12.0. The first-order valence-corrected chi connectivity index (χ1v) is 7.72. The number of pyridine rings is 1. The van der Waals surface area contributed by atoms with Crippen LogP contribution in [0.2, 0.25) is 0 Å². The SMILES string of the molecule is CC(=O)N1CC(CCNC(=O)c2cccnc2)c2ccccc21. The molecule has 0 radical (unpaired) electrons. The lowest BCUT2D eigenvalue weighted by molar-refractivity contribution is -0.116. The third-order valence-corrected chi connectivity index (χ3v) is 4.15. The molecule has 0 fully saturated rings. The van der Waals surface area contributed by atoms with Gasteiger partial charge in [-0.25, -0.2) is 0 Å². The number of hydrogen-bond acceptors (Lipinski definition) is 3. The molecule has 3 rings (SSSR count). The molecule has 1 aliphatic heterocycles. The van der Waals surface area contributed by atoms with Gasteiger partial charge in [-0.15, -0.1) is 0 Å². The molecule has 2 aromatic rings. The number of fused-ring (bicyclic) bond motifs is 1. The Morgan fingerprint density at radius 3 is 2.83 bits per heavy atom. The van der Waals surface area contributed by atoms with Gasteiger partial charge in [0.1, 0.15) is 0 Å². The van der Waals surface area contributed by atoms with Crippen LogP contribution in [0.5, 0.6) is 0 Å². The maximum Gasteiger partial charge on any atom is 0.252 e. The molecule has 2 amide bonds. The molecule has 0 bridgehead atoms. The Hall–Kier alpha value is -2.69. The second-order valence-corrected chi connectivity index (χ2v) is 5.67. The Morgan fingerprint density at radius 1 is 1.26 bits per heavy atom. The fourth-order valence-corrected chi connectivity index (χ4v) is 3.00. The zero-order valence-electron chi connectivity index (χ0n) is 13.0. The zero-order chi connectivity index (χ0) is 16.2. The van der Waals surface area contributed by atoms with Crippen LogP contribution in [0, 0.1) is 0 Å². The van der Waals surface area contributed by atoms with Crippen molar-refractivity contribution in [1.29, 1.82) is 0 Å². The molecule has 1 aliphatic rings. The number of benzene rings is 1. The van der Waals surface area contributed by atoms with Crippen LogP contribution < -0.4 is 10.2 Å². The predicted molar refractivity (Wildman–Crippen MR) is 88.4 cm³/mol. The topological polar surface area (TPSA) is 62.3 Å². The summed E-state index contributed by atoms with van der Waals surface area (Å²) < 4.78 is 0. The number of hydrogen-bond donors (Lipinski definition) is 1. The number of amides is 2. The highest BCUT2D eigenvalue weighted by Crippen LogP contribution is 2.37. The molecule has 2 heterocycles. The van der Waals surface area contributed by atoms with Crippen molar-refractivity contribution in [2.75, 3.05) is 18.0 Å². The van der Waals surface area contributed by atoms with Crippen LogP contribution >= 0.6 is 0 Å². The van der Waals surface area contributed by atoms with Gasteiger partial charge in [0.2, 0.25) is 5.91 Å². The van der Waals surface area contributed by atoms with E-state index >= 15 is 0 Å². The minimum absolute atomic E-state index is 0.0549. The summed E-state index contributed by atoms with van der Waals surface area (Å²) in [7, 11) is 0. The molecule has 0 aliphatic carbocycles. The highest BCUT2D eigenvalue weighted by Gasteiger charge is 2.30. The van der Waals surface area contributed by atoms with E-state index in [4.69, 9.17) is 0 Å². The van der Waals surface area contributed by atoms with Crippen molar-refractivity contribution in [3.8, 4) is 0 Å². The van der Waals surface area contributed by atoms with Crippen LogP contribution in [0.3, 0.4) is 0 Å². The summed E-state index contributed by atoms with van der Waals surface area (Å²) in [6.45, 7) is 2.83. The second-order valence-electron chi connectivity index (χ2n) is 5.67. The number of rotatable bonds is 4. The van der Waals surface area contributed by atoms with Crippen LogP contribution in [0.25, 0.3) is 0 Å². The van der Waals surface area contributed by atoms with Crippen LogP contribution in [-0.4, -0.2) is 29.9 Å². The van der Waals surface area contributed by atoms with Gasteiger partial charge in [-0.1, -0.05) is 18.2 Å². The zero-order valence-corrected chi connectivity index (χ0v) is 13.0. The summed E-state index contributed by atoms with van der Waals surface area (Å²) in [5, 5.41) is 2.92. The summed E-state index contributed by atoms with van der Waals surface area (Å²) in [5.74, 6) is 0.191. The molecule has 5 nitrogen and oxygen atoms in total. The van der Waals surface area contributed by atoms with E-state index in [1.54, 1.807) is 31.5 Å². The van der Waals surface area contributed by atoms with Gasteiger partial charge >= 0.3 is 0 Å². The molecule has 23 heavy (non-hydrogen) atoms. The number of anilines is 1. The van der Waals surface area contributed by atoms with Crippen LogP contribution in [0.4, 0.5) is 5.69 Å². The van der Waals surface area contributed by atoms with E-state index in [1.165, 1.54) is 5.56 Å². The second kappa shape index (κ2) is 6.60. The van der Waals surface area contributed by atoms with Gasteiger partial charge in [0.05, 0.1) is 5.56 Å². The number of nitrogens with zero attached hydrogens (tertiary/aromatic N) is 2. The van der Waals surface area contributed by atoms with E-state index in [9.17, 15) is 9.59 Å². The highest BCUT2D eigenvalue weighted by atomic mass is 16.2. The fourth-order valence-electron chi connectivity index (χ4n) is 3.00. The largest absolute Gasteiger partial charge is 0.352 e. The third kappa shape index (κ3) is 3.23. The maximum atomic E-state index is 12.0. The van der Waals surface area contributed by atoms with Gasteiger partial charge in [-0.05, 0) is 30.2 Å². The fraction of sp³-hybridized carbons (Fsp3) is 0.278. The molecule has 1 N–H and O–H groups in total. The lowest BCUT2D eigenvalue weighted by Gasteiger charge is -2.15. The van der Waals surface area contributed by atoms with E-state index in [0.29, 0.717) is 18.7 Å². The number of carbonyl (C=O) groups excluding carboxylic acids is 2. The lowest BCUT2D eigenvalue weighted by Crippen LogP contribution is -2.29. The normalized spacial score (nSPS) is 16.0. The molecular weight excluding hydrogens is 290 g/mol. The molecule has 0 saturated heterocycles.